The Bertz CT molecular complexity index is 744. The third kappa shape index (κ3) is 5.22. The van der Waals surface area contributed by atoms with E-state index < -0.39 is 5.97 Å². The van der Waals surface area contributed by atoms with Crippen LogP contribution < -0.4 is 10.1 Å². The quantitative estimate of drug-likeness (QED) is 0.567. The van der Waals surface area contributed by atoms with Gasteiger partial charge in [0.05, 0.1) is 23.9 Å². The van der Waals surface area contributed by atoms with Gasteiger partial charge < -0.3 is 14.0 Å². The molecule has 0 radical (unpaired) electrons. The fourth-order valence-electron chi connectivity index (χ4n) is 2.06. The third-order valence-corrected chi connectivity index (χ3v) is 3.55. The third-order valence-electron chi connectivity index (χ3n) is 3.24. The van der Waals surface area contributed by atoms with Crippen molar-refractivity contribution in [1.82, 2.24) is 5.16 Å². The molecular formula is C17H19ClN2O5. The number of para-hydroxylation sites is 1. The van der Waals surface area contributed by atoms with E-state index in [0.29, 0.717) is 29.5 Å². The van der Waals surface area contributed by atoms with Gasteiger partial charge in [-0.15, -0.1) is 0 Å². The molecule has 0 aliphatic heterocycles. The molecular weight excluding hydrogens is 348 g/mol. The number of carbonyl (C=O) groups excluding carboxylic acids is 2. The first-order valence-electron chi connectivity index (χ1n) is 7.83. The molecule has 0 spiro atoms. The van der Waals surface area contributed by atoms with E-state index in [-0.39, 0.29) is 30.4 Å². The molecule has 0 aliphatic rings. The average molecular weight is 367 g/mol. The smallest absolute Gasteiger partial charge is 0.345 e. The molecule has 25 heavy (non-hydrogen) atoms. The van der Waals surface area contributed by atoms with E-state index in [1.165, 1.54) is 0 Å². The number of amides is 1. The normalized spacial score (nSPS) is 10.4. The van der Waals surface area contributed by atoms with Crippen LogP contribution in [0.25, 0.3) is 0 Å². The van der Waals surface area contributed by atoms with E-state index >= 15 is 0 Å². The second-order valence-corrected chi connectivity index (χ2v) is 5.53. The Hall–Kier alpha value is -2.54. The minimum Gasteiger partial charge on any atom is -0.492 e. The van der Waals surface area contributed by atoms with Crippen molar-refractivity contribution in [3.63, 3.8) is 0 Å². The maximum atomic E-state index is 12.0. The summed E-state index contributed by atoms with van der Waals surface area (Å²) in [5.74, 6) is -0.337. The number of nitrogens with one attached hydrogen (secondary N) is 1. The van der Waals surface area contributed by atoms with Crippen LogP contribution in [-0.4, -0.2) is 30.2 Å². The summed E-state index contributed by atoms with van der Waals surface area (Å²) in [5, 5.41) is 6.74. The second kappa shape index (κ2) is 9.08. The van der Waals surface area contributed by atoms with E-state index in [1.807, 2.05) is 12.1 Å². The maximum Gasteiger partial charge on any atom is 0.345 e. The van der Waals surface area contributed by atoms with Crippen molar-refractivity contribution in [2.24, 2.45) is 0 Å². The summed E-state index contributed by atoms with van der Waals surface area (Å²) >= 11 is 5.98. The number of nitrogens with zero attached hydrogens (tertiary/aromatic N) is 1. The number of aromatic nitrogens is 1. The first kappa shape index (κ1) is 18.8. The Morgan fingerprint density at radius 3 is 2.80 bits per heavy atom. The van der Waals surface area contributed by atoms with Crippen LogP contribution >= 0.6 is 11.6 Å². The Morgan fingerprint density at radius 1 is 1.32 bits per heavy atom. The van der Waals surface area contributed by atoms with Crippen LogP contribution in [0.5, 0.6) is 5.75 Å². The molecule has 0 fully saturated rings. The fraction of sp³-hybridized carbons (Fsp3) is 0.353. The molecule has 1 amide bonds. The van der Waals surface area contributed by atoms with E-state index in [9.17, 15) is 9.59 Å². The van der Waals surface area contributed by atoms with E-state index in [2.05, 4.69) is 10.5 Å². The van der Waals surface area contributed by atoms with Crippen molar-refractivity contribution in [2.45, 2.75) is 26.7 Å². The number of carbonyl (C=O) groups is 2. The highest BCUT2D eigenvalue weighted by atomic mass is 35.5. The van der Waals surface area contributed by atoms with Crippen molar-refractivity contribution in [1.29, 1.82) is 0 Å². The van der Waals surface area contributed by atoms with Gasteiger partial charge in [0.1, 0.15) is 11.3 Å². The fourth-order valence-corrected chi connectivity index (χ4v) is 2.25. The number of anilines is 1. The van der Waals surface area contributed by atoms with Gasteiger partial charge in [-0.2, -0.15) is 0 Å². The van der Waals surface area contributed by atoms with Crippen molar-refractivity contribution in [3.05, 3.63) is 40.5 Å². The highest BCUT2D eigenvalue weighted by Crippen LogP contribution is 2.23. The van der Waals surface area contributed by atoms with Crippen LogP contribution in [0.15, 0.2) is 28.8 Å². The lowest BCUT2D eigenvalue weighted by Gasteiger charge is -2.07. The minimum atomic E-state index is -0.585. The molecule has 1 N–H and O–H groups in total. The predicted octanol–water partition coefficient (Wildman–Crippen LogP) is 3.61. The van der Waals surface area contributed by atoms with Crippen molar-refractivity contribution >= 4 is 29.4 Å². The van der Waals surface area contributed by atoms with Gasteiger partial charge in [0, 0.05) is 6.42 Å². The Labute approximate surface area is 150 Å². The van der Waals surface area contributed by atoms with Crippen LogP contribution in [0, 0.1) is 6.92 Å². The zero-order valence-corrected chi connectivity index (χ0v) is 14.8. The summed E-state index contributed by atoms with van der Waals surface area (Å²) in [6.07, 6.45) is 0.658. The molecule has 2 aromatic rings. The molecule has 134 valence electrons. The molecule has 1 aromatic heterocycles. The number of hydrogen-bond donors (Lipinski definition) is 1. The van der Waals surface area contributed by atoms with E-state index in [1.54, 1.807) is 26.0 Å². The van der Waals surface area contributed by atoms with Gasteiger partial charge in [-0.05, 0) is 32.4 Å². The SMILES string of the molecule is CCOC(=O)c1c(C)noc1NC(=O)CCCOc1ccccc1Cl. The first-order chi connectivity index (χ1) is 12.0. The van der Waals surface area contributed by atoms with Gasteiger partial charge in [0.25, 0.3) is 0 Å². The molecule has 1 heterocycles. The predicted molar refractivity (Wildman–Crippen MR) is 92.0 cm³/mol. The number of halogens is 1. The monoisotopic (exact) mass is 366 g/mol. The highest BCUT2D eigenvalue weighted by molar-refractivity contribution is 6.32. The van der Waals surface area contributed by atoms with Crippen molar-refractivity contribution in [3.8, 4) is 5.75 Å². The zero-order valence-electron chi connectivity index (χ0n) is 14.0. The van der Waals surface area contributed by atoms with Crippen molar-refractivity contribution in [2.75, 3.05) is 18.5 Å². The van der Waals surface area contributed by atoms with Crippen LogP contribution in [0.4, 0.5) is 5.88 Å². The van der Waals surface area contributed by atoms with E-state index in [4.69, 9.17) is 25.6 Å². The lowest BCUT2D eigenvalue weighted by atomic mass is 10.2. The molecule has 1 aromatic carbocycles. The Kier molecular flexibility index (Phi) is 6.82. The topological polar surface area (TPSA) is 90.7 Å². The Morgan fingerprint density at radius 2 is 2.08 bits per heavy atom. The molecule has 7 nitrogen and oxygen atoms in total. The van der Waals surface area contributed by atoms with Crippen LogP contribution in [-0.2, 0) is 9.53 Å². The summed E-state index contributed by atoms with van der Waals surface area (Å²) in [5.41, 5.74) is 0.485. The maximum absolute atomic E-state index is 12.0. The first-order valence-corrected chi connectivity index (χ1v) is 8.21. The van der Waals surface area contributed by atoms with Gasteiger partial charge in [-0.1, -0.05) is 28.9 Å². The molecule has 0 saturated carbocycles. The van der Waals surface area contributed by atoms with Gasteiger partial charge in [0.2, 0.25) is 11.8 Å². The van der Waals surface area contributed by atoms with Crippen molar-refractivity contribution < 1.29 is 23.6 Å². The largest absolute Gasteiger partial charge is 0.492 e. The Balaban J connectivity index is 1.83. The molecule has 2 rings (SSSR count). The molecule has 0 aliphatic carbocycles. The number of benzene rings is 1. The van der Waals surface area contributed by atoms with Gasteiger partial charge in [-0.25, -0.2) is 4.79 Å². The average Bonchev–Trinajstić information content (AvgIpc) is 2.93. The highest BCUT2D eigenvalue weighted by Gasteiger charge is 2.23. The molecule has 0 saturated heterocycles. The molecule has 8 heteroatoms. The summed E-state index contributed by atoms with van der Waals surface area (Å²) in [6.45, 7) is 3.84. The lowest BCUT2D eigenvalue weighted by Crippen LogP contribution is -2.15. The lowest BCUT2D eigenvalue weighted by molar-refractivity contribution is -0.116. The second-order valence-electron chi connectivity index (χ2n) is 5.12. The van der Waals surface area contributed by atoms with Crippen LogP contribution in [0.3, 0.4) is 0 Å². The van der Waals surface area contributed by atoms with Gasteiger partial charge in [-0.3, -0.25) is 10.1 Å². The summed E-state index contributed by atoms with van der Waals surface area (Å²) in [6, 6.07) is 7.11. The van der Waals surface area contributed by atoms with E-state index in [0.717, 1.165) is 0 Å². The number of aryl methyl sites for hydroxylation is 1. The van der Waals surface area contributed by atoms with Gasteiger partial charge >= 0.3 is 5.97 Å². The number of hydrogen-bond acceptors (Lipinski definition) is 6. The standard InChI is InChI=1S/C17H19ClN2O5/c1-3-23-17(22)15-11(2)20-25-16(15)19-14(21)9-6-10-24-13-8-5-4-7-12(13)18/h4-5,7-8H,3,6,9-10H2,1-2H3,(H,19,21). The summed E-state index contributed by atoms with van der Waals surface area (Å²) in [4.78, 5) is 23.9. The van der Waals surface area contributed by atoms with Gasteiger partial charge in [0.15, 0.2) is 0 Å². The zero-order chi connectivity index (χ0) is 18.2. The van der Waals surface area contributed by atoms with Crippen LogP contribution in [0.1, 0.15) is 35.8 Å². The molecule has 0 bridgehead atoms. The summed E-state index contributed by atoms with van der Waals surface area (Å²) in [7, 11) is 0. The number of esters is 1. The summed E-state index contributed by atoms with van der Waals surface area (Å²) < 4.78 is 15.4. The minimum absolute atomic E-state index is 0.00651. The number of rotatable bonds is 8. The molecule has 0 atom stereocenters. The van der Waals surface area contributed by atoms with Crippen LogP contribution in [0.2, 0.25) is 5.02 Å². The molecule has 0 unspecified atom stereocenters. The number of ether oxygens (including phenoxy) is 2.